The Morgan fingerprint density at radius 2 is 1.00 bits per heavy atom. The van der Waals surface area contributed by atoms with Gasteiger partial charge in [-0.3, -0.25) is 9.59 Å². The van der Waals surface area contributed by atoms with Crippen molar-refractivity contribution in [2.75, 3.05) is 13.2 Å². The van der Waals surface area contributed by atoms with Crippen LogP contribution in [0.15, 0.2) is 12.2 Å². The van der Waals surface area contributed by atoms with Crippen LogP contribution < -0.4 is 0 Å². The van der Waals surface area contributed by atoms with Gasteiger partial charge in [0.2, 0.25) is 0 Å². The molecule has 0 aliphatic carbocycles. The highest BCUT2D eigenvalue weighted by molar-refractivity contribution is 5.69. The zero-order valence-electron chi connectivity index (χ0n) is 18.5. The molecule has 0 aliphatic heterocycles. The molecule has 0 saturated carbocycles. The summed E-state index contributed by atoms with van der Waals surface area (Å²) in [5, 5.41) is 0. The number of ether oxygens (including phenoxy) is 2. The zero-order chi connectivity index (χ0) is 20.7. The summed E-state index contributed by atoms with van der Waals surface area (Å²) >= 11 is 0. The minimum atomic E-state index is -0.0577. The van der Waals surface area contributed by atoms with Gasteiger partial charge in [-0.2, -0.15) is 0 Å². The van der Waals surface area contributed by atoms with Gasteiger partial charge in [0.05, 0.1) is 13.2 Å². The molecule has 0 unspecified atom stereocenters. The van der Waals surface area contributed by atoms with Crippen LogP contribution in [0.2, 0.25) is 0 Å². The van der Waals surface area contributed by atoms with Gasteiger partial charge in [0.1, 0.15) is 0 Å². The van der Waals surface area contributed by atoms with Crippen molar-refractivity contribution < 1.29 is 19.1 Å². The van der Waals surface area contributed by atoms with Crippen molar-refractivity contribution in [2.45, 2.75) is 117 Å². The Morgan fingerprint density at radius 3 is 1.39 bits per heavy atom. The molecule has 0 aliphatic rings. The van der Waals surface area contributed by atoms with E-state index in [1.807, 2.05) is 0 Å². The average molecular weight is 397 g/mol. The van der Waals surface area contributed by atoms with Crippen molar-refractivity contribution in [3.05, 3.63) is 12.2 Å². The highest BCUT2D eigenvalue weighted by Crippen LogP contribution is 2.07. The third kappa shape index (κ3) is 21.0. The molecule has 0 aromatic carbocycles. The molecule has 0 N–H and O–H groups in total. The third-order valence-corrected chi connectivity index (χ3v) is 4.69. The van der Waals surface area contributed by atoms with Gasteiger partial charge in [-0.25, -0.2) is 0 Å². The normalized spacial score (nSPS) is 11.1. The van der Waals surface area contributed by atoms with Crippen LogP contribution in [0.25, 0.3) is 0 Å². The summed E-state index contributed by atoms with van der Waals surface area (Å²) in [6.07, 6.45) is 20.4. The second-order valence-electron chi connectivity index (χ2n) is 7.53. The van der Waals surface area contributed by atoms with E-state index in [4.69, 9.17) is 9.47 Å². The predicted molar refractivity (Wildman–Crippen MR) is 116 cm³/mol. The Hall–Kier alpha value is -1.32. The van der Waals surface area contributed by atoms with Crippen molar-refractivity contribution in [1.29, 1.82) is 0 Å². The Labute approximate surface area is 173 Å². The van der Waals surface area contributed by atoms with Crippen LogP contribution in [0.5, 0.6) is 0 Å². The van der Waals surface area contributed by atoms with Gasteiger partial charge in [0.25, 0.3) is 0 Å². The molecule has 0 saturated heterocycles. The Bertz CT molecular complexity index is 354. The number of hydrogen-bond acceptors (Lipinski definition) is 4. The molecule has 0 rings (SSSR count). The number of hydrogen-bond donors (Lipinski definition) is 0. The molecule has 0 amide bonds. The molecule has 0 bridgehead atoms. The lowest BCUT2D eigenvalue weighted by Crippen LogP contribution is -2.05. The first-order valence-corrected chi connectivity index (χ1v) is 11.7. The lowest BCUT2D eigenvalue weighted by atomic mass is 10.1. The molecule has 0 atom stereocenters. The first kappa shape index (κ1) is 26.7. The van der Waals surface area contributed by atoms with Crippen molar-refractivity contribution in [1.82, 2.24) is 0 Å². The van der Waals surface area contributed by atoms with E-state index in [9.17, 15) is 9.59 Å². The quantitative estimate of drug-likeness (QED) is 0.127. The highest BCUT2D eigenvalue weighted by atomic mass is 16.5. The van der Waals surface area contributed by atoms with Gasteiger partial charge >= 0.3 is 11.9 Å². The molecular weight excluding hydrogens is 352 g/mol. The summed E-state index contributed by atoms with van der Waals surface area (Å²) in [5.74, 6) is -0.115. The Morgan fingerprint density at radius 1 is 0.571 bits per heavy atom. The zero-order valence-corrected chi connectivity index (χ0v) is 18.5. The number of carbonyl (C=O) groups is 2. The maximum Gasteiger partial charge on any atom is 0.305 e. The van der Waals surface area contributed by atoms with Gasteiger partial charge in [-0.15, -0.1) is 0 Å². The van der Waals surface area contributed by atoms with Crippen molar-refractivity contribution in [2.24, 2.45) is 0 Å². The van der Waals surface area contributed by atoms with Gasteiger partial charge < -0.3 is 9.47 Å². The topological polar surface area (TPSA) is 52.6 Å². The number of allylic oxidation sites excluding steroid dienone is 2. The standard InChI is InChI=1S/C24H44O4/c1-3-5-7-17-21-27-23(25)19-15-13-11-9-10-12-14-16-20-24(26)28-22-18-8-6-4-2/h9-10H,3-8,11-22H2,1-2H3. The molecule has 164 valence electrons. The summed E-state index contributed by atoms with van der Waals surface area (Å²) in [5.41, 5.74) is 0. The molecule has 0 heterocycles. The molecule has 0 aromatic rings. The maximum absolute atomic E-state index is 11.6. The Balaban J connectivity index is 3.33. The SMILES string of the molecule is CCCCCCOC(=O)CCCCC=CCCCCC(=O)OCCCCCC. The Kier molecular flexibility index (Phi) is 20.9. The van der Waals surface area contributed by atoms with E-state index in [1.165, 1.54) is 25.7 Å². The van der Waals surface area contributed by atoms with E-state index >= 15 is 0 Å². The highest BCUT2D eigenvalue weighted by Gasteiger charge is 2.02. The second kappa shape index (κ2) is 22.0. The van der Waals surface area contributed by atoms with Crippen molar-refractivity contribution in [3.63, 3.8) is 0 Å². The van der Waals surface area contributed by atoms with E-state index in [2.05, 4.69) is 26.0 Å². The van der Waals surface area contributed by atoms with Crippen LogP contribution >= 0.6 is 0 Å². The lowest BCUT2D eigenvalue weighted by Gasteiger charge is -2.04. The fourth-order valence-corrected chi connectivity index (χ4v) is 2.87. The fraction of sp³-hybridized carbons (Fsp3) is 0.833. The van der Waals surface area contributed by atoms with Crippen LogP contribution in [0.4, 0.5) is 0 Å². The summed E-state index contributed by atoms with van der Waals surface area (Å²) in [6.45, 7) is 5.50. The average Bonchev–Trinajstić information content (AvgIpc) is 2.69. The summed E-state index contributed by atoms with van der Waals surface area (Å²) in [6, 6.07) is 0. The summed E-state index contributed by atoms with van der Waals surface area (Å²) in [7, 11) is 0. The first-order valence-electron chi connectivity index (χ1n) is 11.7. The number of carbonyl (C=O) groups excluding carboxylic acids is 2. The molecule has 28 heavy (non-hydrogen) atoms. The number of esters is 2. The third-order valence-electron chi connectivity index (χ3n) is 4.69. The molecule has 0 aromatic heterocycles. The molecule has 0 radical (unpaired) electrons. The van der Waals surface area contributed by atoms with E-state index in [0.29, 0.717) is 26.1 Å². The first-order chi connectivity index (χ1) is 13.7. The smallest absolute Gasteiger partial charge is 0.305 e. The van der Waals surface area contributed by atoms with Crippen LogP contribution in [0, 0.1) is 0 Å². The van der Waals surface area contributed by atoms with E-state index in [1.54, 1.807) is 0 Å². The predicted octanol–water partition coefficient (Wildman–Crippen LogP) is 6.91. The summed E-state index contributed by atoms with van der Waals surface area (Å²) < 4.78 is 10.5. The molecular formula is C24H44O4. The van der Waals surface area contributed by atoms with Crippen LogP contribution in [-0.4, -0.2) is 25.2 Å². The van der Waals surface area contributed by atoms with Crippen LogP contribution in [0.1, 0.15) is 117 Å². The van der Waals surface area contributed by atoms with Gasteiger partial charge in [0.15, 0.2) is 0 Å². The van der Waals surface area contributed by atoms with Gasteiger partial charge in [-0.1, -0.05) is 64.5 Å². The lowest BCUT2D eigenvalue weighted by molar-refractivity contribution is -0.144. The largest absolute Gasteiger partial charge is 0.466 e. The number of unbranched alkanes of at least 4 members (excludes halogenated alkanes) is 10. The molecule has 0 fully saturated rings. The van der Waals surface area contributed by atoms with E-state index < -0.39 is 0 Å². The van der Waals surface area contributed by atoms with Gasteiger partial charge in [-0.05, 0) is 51.4 Å². The molecule has 4 nitrogen and oxygen atoms in total. The maximum atomic E-state index is 11.6. The van der Waals surface area contributed by atoms with Gasteiger partial charge in [0, 0.05) is 12.8 Å². The van der Waals surface area contributed by atoms with Crippen molar-refractivity contribution >= 4 is 11.9 Å². The van der Waals surface area contributed by atoms with Crippen LogP contribution in [-0.2, 0) is 19.1 Å². The second-order valence-corrected chi connectivity index (χ2v) is 7.53. The monoisotopic (exact) mass is 396 g/mol. The number of rotatable bonds is 20. The minimum absolute atomic E-state index is 0.0577. The van der Waals surface area contributed by atoms with E-state index in [0.717, 1.165) is 64.2 Å². The van der Waals surface area contributed by atoms with Crippen LogP contribution in [0.3, 0.4) is 0 Å². The fourth-order valence-electron chi connectivity index (χ4n) is 2.87. The van der Waals surface area contributed by atoms with Crippen molar-refractivity contribution in [3.8, 4) is 0 Å². The molecule has 0 spiro atoms. The van der Waals surface area contributed by atoms with E-state index in [-0.39, 0.29) is 11.9 Å². The summed E-state index contributed by atoms with van der Waals surface area (Å²) in [4.78, 5) is 23.1. The minimum Gasteiger partial charge on any atom is -0.466 e. The molecule has 4 heteroatoms.